The van der Waals surface area contributed by atoms with Crippen LogP contribution < -0.4 is 5.32 Å². The Morgan fingerprint density at radius 2 is 2.05 bits per heavy atom. The molecule has 1 aromatic carbocycles. The predicted molar refractivity (Wildman–Crippen MR) is 75.3 cm³/mol. The van der Waals surface area contributed by atoms with E-state index in [-0.39, 0.29) is 6.61 Å². The molecular formula is C13H18N4O3. The fourth-order valence-electron chi connectivity index (χ4n) is 1.48. The van der Waals surface area contributed by atoms with Crippen LogP contribution in [-0.2, 0) is 4.74 Å². The number of hydrogen-bond donors (Lipinski definition) is 2. The maximum atomic E-state index is 11.6. The second-order valence-electron chi connectivity index (χ2n) is 5.15. The first-order chi connectivity index (χ1) is 9.35. The van der Waals surface area contributed by atoms with Crippen LogP contribution in [0, 0.1) is 0 Å². The molecule has 0 radical (unpaired) electrons. The van der Waals surface area contributed by atoms with Gasteiger partial charge in [0.25, 0.3) is 0 Å². The maximum Gasteiger partial charge on any atom is 0.412 e. The summed E-state index contributed by atoms with van der Waals surface area (Å²) >= 11 is 0. The molecule has 1 aromatic rings. The van der Waals surface area contributed by atoms with Crippen LogP contribution in [0.15, 0.2) is 29.4 Å². The van der Waals surface area contributed by atoms with Crippen LogP contribution in [-0.4, -0.2) is 23.4 Å². The molecule has 0 fully saturated rings. The third-order valence-corrected chi connectivity index (χ3v) is 2.30. The molecule has 0 saturated heterocycles. The third kappa shape index (κ3) is 5.17. The van der Waals surface area contributed by atoms with Gasteiger partial charge in [0.05, 0.1) is 12.6 Å². The van der Waals surface area contributed by atoms with E-state index in [1.165, 1.54) is 0 Å². The number of azide groups is 1. The number of nitrogens with zero attached hydrogens (tertiary/aromatic N) is 3. The smallest absolute Gasteiger partial charge is 0.412 e. The van der Waals surface area contributed by atoms with Gasteiger partial charge in [0.15, 0.2) is 0 Å². The van der Waals surface area contributed by atoms with Crippen LogP contribution in [0.25, 0.3) is 10.4 Å². The molecule has 20 heavy (non-hydrogen) atoms. The van der Waals surface area contributed by atoms with Gasteiger partial charge in [-0.1, -0.05) is 17.2 Å². The SMILES string of the molecule is CC(C)(C)OC(=O)Nc1ccc(C(CO)N=[N+]=[N-])cc1. The van der Waals surface area contributed by atoms with Crippen LogP contribution in [0.1, 0.15) is 32.4 Å². The number of carbonyl (C=O) groups excluding carboxylic acids is 1. The monoisotopic (exact) mass is 278 g/mol. The van der Waals surface area contributed by atoms with E-state index in [4.69, 9.17) is 15.4 Å². The minimum atomic E-state index is -0.629. The molecule has 0 aliphatic rings. The number of carbonyl (C=O) groups is 1. The van der Waals surface area contributed by atoms with E-state index in [1.54, 1.807) is 45.0 Å². The standard InChI is InChI=1S/C13H18N4O3/c1-13(2,3)20-12(19)15-10-6-4-9(5-7-10)11(8-18)16-17-14/h4-7,11,18H,8H2,1-3H3,(H,15,19). The van der Waals surface area contributed by atoms with Crippen LogP contribution in [0.2, 0.25) is 0 Å². The van der Waals surface area contributed by atoms with Crippen molar-refractivity contribution in [2.45, 2.75) is 32.4 Å². The lowest BCUT2D eigenvalue weighted by atomic mass is 10.1. The van der Waals surface area contributed by atoms with Gasteiger partial charge in [-0.15, -0.1) is 0 Å². The average molecular weight is 278 g/mol. The van der Waals surface area contributed by atoms with E-state index in [1.807, 2.05) is 0 Å². The van der Waals surface area contributed by atoms with E-state index in [9.17, 15) is 4.79 Å². The highest BCUT2D eigenvalue weighted by Crippen LogP contribution is 2.20. The highest BCUT2D eigenvalue weighted by molar-refractivity contribution is 5.84. The molecule has 2 N–H and O–H groups in total. The van der Waals surface area contributed by atoms with Gasteiger partial charge in [0, 0.05) is 10.6 Å². The van der Waals surface area contributed by atoms with Crippen LogP contribution in [0.4, 0.5) is 10.5 Å². The van der Waals surface area contributed by atoms with Crippen molar-refractivity contribution >= 4 is 11.8 Å². The Kier molecular flexibility index (Phi) is 5.37. The Hall–Kier alpha value is -2.24. The minimum absolute atomic E-state index is 0.275. The van der Waals surface area contributed by atoms with Gasteiger partial charge in [-0.3, -0.25) is 5.32 Å². The fraction of sp³-hybridized carbons (Fsp3) is 0.462. The molecule has 0 aromatic heterocycles. The van der Waals surface area contributed by atoms with Crippen molar-refractivity contribution in [2.75, 3.05) is 11.9 Å². The first-order valence-corrected chi connectivity index (χ1v) is 6.11. The maximum absolute atomic E-state index is 11.6. The zero-order chi connectivity index (χ0) is 15.2. The summed E-state index contributed by atoms with van der Waals surface area (Å²) in [5, 5.41) is 15.2. The topological polar surface area (TPSA) is 107 Å². The lowest BCUT2D eigenvalue weighted by Gasteiger charge is -2.19. The Morgan fingerprint density at radius 1 is 1.45 bits per heavy atom. The number of benzene rings is 1. The molecule has 0 bridgehead atoms. The summed E-state index contributed by atoms with van der Waals surface area (Å²) in [4.78, 5) is 14.2. The first-order valence-electron chi connectivity index (χ1n) is 6.11. The molecule has 1 amide bonds. The zero-order valence-corrected chi connectivity index (χ0v) is 11.7. The van der Waals surface area contributed by atoms with Crippen LogP contribution >= 0.6 is 0 Å². The van der Waals surface area contributed by atoms with Crippen molar-refractivity contribution in [3.63, 3.8) is 0 Å². The van der Waals surface area contributed by atoms with Gasteiger partial charge in [-0.2, -0.15) is 0 Å². The summed E-state index contributed by atoms with van der Waals surface area (Å²) in [6.45, 7) is 5.06. The van der Waals surface area contributed by atoms with Crippen molar-refractivity contribution in [3.8, 4) is 0 Å². The summed E-state index contributed by atoms with van der Waals surface area (Å²) in [7, 11) is 0. The van der Waals surface area contributed by atoms with Crippen molar-refractivity contribution < 1.29 is 14.6 Å². The fourth-order valence-corrected chi connectivity index (χ4v) is 1.48. The first kappa shape index (κ1) is 15.8. The molecule has 0 aliphatic heterocycles. The van der Waals surface area contributed by atoms with E-state index >= 15 is 0 Å². The summed E-state index contributed by atoms with van der Waals surface area (Å²) in [5.41, 5.74) is 9.05. The Morgan fingerprint density at radius 3 is 2.50 bits per heavy atom. The van der Waals surface area contributed by atoms with Crippen molar-refractivity contribution in [3.05, 3.63) is 40.3 Å². The number of ether oxygens (including phenoxy) is 1. The third-order valence-electron chi connectivity index (χ3n) is 2.30. The Balaban J connectivity index is 2.72. The number of hydrogen-bond acceptors (Lipinski definition) is 4. The number of amides is 1. The van der Waals surface area contributed by atoms with E-state index < -0.39 is 17.7 Å². The van der Waals surface area contributed by atoms with E-state index in [0.717, 1.165) is 0 Å². The normalized spacial score (nSPS) is 12.2. The molecular weight excluding hydrogens is 260 g/mol. The van der Waals surface area contributed by atoms with Gasteiger partial charge in [-0.25, -0.2) is 4.79 Å². The lowest BCUT2D eigenvalue weighted by molar-refractivity contribution is 0.0636. The molecule has 7 heteroatoms. The number of aliphatic hydroxyl groups excluding tert-OH is 1. The molecule has 0 spiro atoms. The molecule has 0 heterocycles. The van der Waals surface area contributed by atoms with Gasteiger partial charge >= 0.3 is 6.09 Å². The van der Waals surface area contributed by atoms with Crippen LogP contribution in [0.5, 0.6) is 0 Å². The molecule has 7 nitrogen and oxygen atoms in total. The summed E-state index contributed by atoms with van der Waals surface area (Å²) in [6.07, 6.45) is -0.543. The number of nitrogens with one attached hydrogen (secondary N) is 1. The minimum Gasteiger partial charge on any atom is -0.444 e. The van der Waals surface area contributed by atoms with E-state index in [0.29, 0.717) is 11.3 Å². The quantitative estimate of drug-likeness (QED) is 0.500. The van der Waals surface area contributed by atoms with Gasteiger partial charge in [0.1, 0.15) is 5.60 Å². The van der Waals surface area contributed by atoms with Crippen LogP contribution in [0.3, 0.4) is 0 Å². The largest absolute Gasteiger partial charge is 0.444 e. The molecule has 1 rings (SSSR count). The van der Waals surface area contributed by atoms with Gasteiger partial charge < -0.3 is 9.84 Å². The highest BCUT2D eigenvalue weighted by atomic mass is 16.6. The Labute approximate surface area is 117 Å². The lowest BCUT2D eigenvalue weighted by Crippen LogP contribution is -2.27. The highest BCUT2D eigenvalue weighted by Gasteiger charge is 2.16. The van der Waals surface area contributed by atoms with E-state index in [2.05, 4.69) is 15.3 Å². The van der Waals surface area contributed by atoms with Crippen molar-refractivity contribution in [2.24, 2.45) is 5.11 Å². The summed E-state index contributed by atoms with van der Waals surface area (Å²) in [6, 6.07) is 6.00. The zero-order valence-electron chi connectivity index (χ0n) is 11.7. The second-order valence-corrected chi connectivity index (χ2v) is 5.15. The van der Waals surface area contributed by atoms with Crippen molar-refractivity contribution in [1.82, 2.24) is 0 Å². The Bertz CT molecular complexity index is 501. The van der Waals surface area contributed by atoms with Crippen molar-refractivity contribution in [1.29, 1.82) is 0 Å². The number of anilines is 1. The van der Waals surface area contributed by atoms with Gasteiger partial charge in [0.2, 0.25) is 0 Å². The second kappa shape index (κ2) is 6.79. The molecule has 0 saturated carbocycles. The van der Waals surface area contributed by atoms with Gasteiger partial charge in [-0.05, 0) is 44.0 Å². The molecule has 1 atom stereocenters. The summed E-state index contributed by atoms with van der Waals surface area (Å²) < 4.78 is 5.12. The molecule has 108 valence electrons. The number of aliphatic hydroxyl groups is 1. The average Bonchev–Trinajstić information content (AvgIpc) is 2.34. The molecule has 1 unspecified atom stereocenters. The predicted octanol–water partition coefficient (Wildman–Crippen LogP) is 3.38. The summed E-state index contributed by atoms with van der Waals surface area (Å²) in [5.74, 6) is 0. The number of rotatable bonds is 4. The molecule has 0 aliphatic carbocycles.